The molecule has 7 N–H and O–H groups in total. The van der Waals surface area contributed by atoms with Gasteiger partial charge in [0.05, 0.1) is 0 Å². The molecule has 6 aromatic rings. The van der Waals surface area contributed by atoms with Crippen molar-refractivity contribution < 1.29 is 45.2 Å². The maximum atomic E-state index is 10.7. The van der Waals surface area contributed by atoms with Crippen LogP contribution in [0, 0.1) is 0 Å². The summed E-state index contributed by atoms with van der Waals surface area (Å²) in [4.78, 5) is 0. The van der Waals surface area contributed by atoms with Gasteiger partial charge in [0.15, 0.2) is 23.0 Å². The van der Waals surface area contributed by atoms with E-state index in [-0.39, 0.29) is 51.7 Å². The van der Waals surface area contributed by atoms with Crippen LogP contribution in [0.25, 0.3) is 0 Å². The maximum absolute atomic E-state index is 10.7. The number of hydrogen-bond acceptors (Lipinski definition) is 9. The van der Waals surface area contributed by atoms with E-state index in [9.17, 15) is 35.7 Å². The third-order valence-corrected chi connectivity index (χ3v) is 8.57. The van der Waals surface area contributed by atoms with E-state index in [4.69, 9.17) is 9.47 Å². The minimum atomic E-state index is -0.261. The van der Waals surface area contributed by atoms with Gasteiger partial charge in [-0.3, -0.25) is 0 Å². The van der Waals surface area contributed by atoms with Gasteiger partial charge in [0.25, 0.3) is 0 Å². The Kier molecular flexibility index (Phi) is 10.4. The highest BCUT2D eigenvalue weighted by Crippen LogP contribution is 2.41. The van der Waals surface area contributed by atoms with E-state index < -0.39 is 0 Å². The summed E-state index contributed by atoms with van der Waals surface area (Å²) in [6, 6.07) is 31.5. The molecule has 0 saturated heterocycles. The molecule has 0 heterocycles. The number of benzene rings is 6. The Balaban J connectivity index is 1.27. The summed E-state index contributed by atoms with van der Waals surface area (Å²) >= 11 is 0. The first kappa shape index (κ1) is 34.4. The van der Waals surface area contributed by atoms with E-state index in [1.165, 1.54) is 12.1 Å². The van der Waals surface area contributed by atoms with Crippen molar-refractivity contribution in [1.82, 2.24) is 0 Å². The van der Waals surface area contributed by atoms with E-state index in [2.05, 4.69) is 0 Å². The van der Waals surface area contributed by atoms with Crippen molar-refractivity contribution >= 4 is 0 Å². The largest absolute Gasteiger partial charge is 0.508 e. The van der Waals surface area contributed by atoms with Crippen LogP contribution in [0.1, 0.15) is 33.4 Å². The van der Waals surface area contributed by atoms with Crippen molar-refractivity contribution in [1.29, 1.82) is 0 Å². The highest BCUT2D eigenvalue weighted by molar-refractivity contribution is 5.54. The molecule has 0 bridgehead atoms. The molecule has 9 heteroatoms. The summed E-state index contributed by atoms with van der Waals surface area (Å²) in [6.07, 6.45) is 3.17. The molecule has 0 aromatic heterocycles. The summed E-state index contributed by atoms with van der Waals surface area (Å²) < 4.78 is 12.4. The van der Waals surface area contributed by atoms with Gasteiger partial charge in [-0.25, -0.2) is 0 Å². The number of phenols is 7. The highest BCUT2D eigenvalue weighted by atomic mass is 16.5. The van der Waals surface area contributed by atoms with Crippen LogP contribution in [-0.4, -0.2) is 35.7 Å². The van der Waals surface area contributed by atoms with Crippen molar-refractivity contribution in [3.05, 3.63) is 149 Å². The lowest BCUT2D eigenvalue weighted by atomic mass is 10.0. The number of aromatic hydroxyl groups is 7. The first-order valence-corrected chi connectivity index (χ1v) is 16.5. The molecule has 0 radical (unpaired) electrons. The van der Waals surface area contributed by atoms with Gasteiger partial charge < -0.3 is 45.2 Å². The number of aryl methyl sites for hydroxylation is 6. The van der Waals surface area contributed by atoms with Gasteiger partial charge in [0.1, 0.15) is 40.2 Å². The Labute approximate surface area is 295 Å². The molecule has 0 amide bonds. The molecule has 0 spiro atoms. The standard InChI is InChI=1S/C42H38O9/c43-32-14-8-26(9-15-32)6-12-30-21-41(39(48)24-37(30)46)50-35-19-29(5-4-28-2-1-3-34(45)18-28)20-36(23-35)51-42-22-31(38(47)25-40(42)49)13-7-27-10-16-33(44)17-11-27/h1-3,8-11,14-25,43-49H,4-7,12-13H2. The van der Waals surface area contributed by atoms with E-state index in [0.29, 0.717) is 61.2 Å². The highest BCUT2D eigenvalue weighted by Gasteiger charge is 2.16. The van der Waals surface area contributed by atoms with Gasteiger partial charge in [-0.15, -0.1) is 0 Å². The summed E-state index contributed by atoms with van der Waals surface area (Å²) in [7, 11) is 0. The third-order valence-electron chi connectivity index (χ3n) is 8.57. The molecule has 260 valence electrons. The molecule has 0 aliphatic carbocycles. The zero-order valence-electron chi connectivity index (χ0n) is 27.7. The summed E-state index contributed by atoms with van der Waals surface area (Å²) in [5, 5.41) is 71.8. The van der Waals surface area contributed by atoms with E-state index >= 15 is 0 Å². The lowest BCUT2D eigenvalue weighted by molar-refractivity contribution is 0.392. The molecule has 0 aliphatic rings. The van der Waals surface area contributed by atoms with Crippen LogP contribution in [0.3, 0.4) is 0 Å². The monoisotopic (exact) mass is 686 g/mol. The quantitative estimate of drug-likeness (QED) is 0.0631. The van der Waals surface area contributed by atoms with Gasteiger partial charge in [0, 0.05) is 18.2 Å². The fraction of sp³-hybridized carbons (Fsp3) is 0.143. The second-order valence-electron chi connectivity index (χ2n) is 12.4. The second kappa shape index (κ2) is 15.4. The summed E-state index contributed by atoms with van der Waals surface area (Å²) in [5.74, 6) is 0.722. The topological polar surface area (TPSA) is 160 Å². The number of rotatable bonds is 13. The molecule has 0 fully saturated rings. The average Bonchev–Trinajstić information content (AvgIpc) is 3.10. The zero-order valence-corrected chi connectivity index (χ0v) is 27.7. The minimum Gasteiger partial charge on any atom is -0.508 e. The van der Waals surface area contributed by atoms with Crippen LogP contribution < -0.4 is 9.47 Å². The second-order valence-corrected chi connectivity index (χ2v) is 12.4. The Morgan fingerprint density at radius 1 is 0.333 bits per heavy atom. The summed E-state index contributed by atoms with van der Waals surface area (Å²) in [6.45, 7) is 0. The maximum Gasteiger partial charge on any atom is 0.169 e. The Hall–Kier alpha value is -6.48. The zero-order chi connectivity index (χ0) is 35.9. The SMILES string of the molecule is Oc1ccc(CCc2cc(Oc3cc(CCc4cccc(O)c4)cc(Oc4cc(CCc5ccc(O)cc5)c(O)cc4O)c3)c(O)cc2O)cc1. The molecule has 0 atom stereocenters. The fourth-order valence-electron chi connectivity index (χ4n) is 5.79. The van der Waals surface area contributed by atoms with Crippen LogP contribution >= 0.6 is 0 Å². The van der Waals surface area contributed by atoms with Crippen LogP contribution in [0.2, 0.25) is 0 Å². The first-order valence-electron chi connectivity index (χ1n) is 16.5. The van der Waals surface area contributed by atoms with Gasteiger partial charge in [-0.2, -0.15) is 0 Å². The molecule has 0 unspecified atom stereocenters. The van der Waals surface area contributed by atoms with Crippen molar-refractivity contribution in [2.45, 2.75) is 38.5 Å². The van der Waals surface area contributed by atoms with E-state index in [1.807, 2.05) is 6.07 Å². The molecular weight excluding hydrogens is 648 g/mol. The van der Waals surface area contributed by atoms with Gasteiger partial charge >= 0.3 is 0 Å². The normalized spacial score (nSPS) is 11.0. The van der Waals surface area contributed by atoms with Crippen molar-refractivity contribution in [3.63, 3.8) is 0 Å². The molecule has 0 saturated carbocycles. The summed E-state index contributed by atoms with van der Waals surface area (Å²) in [5.41, 5.74) is 4.77. The molecule has 9 nitrogen and oxygen atoms in total. The minimum absolute atomic E-state index is 0.0773. The molecule has 6 rings (SSSR count). The van der Waals surface area contributed by atoms with E-state index in [0.717, 1.165) is 22.3 Å². The van der Waals surface area contributed by atoms with Crippen LogP contribution in [0.5, 0.6) is 63.2 Å². The molecular formula is C42H38O9. The van der Waals surface area contributed by atoms with Gasteiger partial charge in [-0.05, 0) is 133 Å². The smallest absolute Gasteiger partial charge is 0.169 e. The number of hydrogen-bond donors (Lipinski definition) is 7. The molecule has 51 heavy (non-hydrogen) atoms. The Morgan fingerprint density at radius 2 is 0.784 bits per heavy atom. The number of phenolic OH excluding ortho intramolecular Hbond substituents is 7. The predicted octanol–water partition coefficient (Wildman–Crippen LogP) is 8.57. The van der Waals surface area contributed by atoms with Gasteiger partial charge in [0.2, 0.25) is 0 Å². The lowest BCUT2D eigenvalue weighted by Gasteiger charge is -2.16. The molecule has 0 aliphatic heterocycles. The van der Waals surface area contributed by atoms with E-state index in [1.54, 1.807) is 97.1 Å². The molecule has 6 aromatic carbocycles. The third kappa shape index (κ3) is 9.16. The van der Waals surface area contributed by atoms with Crippen LogP contribution in [0.4, 0.5) is 0 Å². The Bertz CT molecular complexity index is 2000. The average molecular weight is 687 g/mol. The van der Waals surface area contributed by atoms with Gasteiger partial charge in [-0.1, -0.05) is 36.4 Å². The van der Waals surface area contributed by atoms with Crippen molar-refractivity contribution in [2.24, 2.45) is 0 Å². The predicted molar refractivity (Wildman–Crippen MR) is 193 cm³/mol. The first-order chi connectivity index (χ1) is 24.6. The van der Waals surface area contributed by atoms with Crippen LogP contribution in [0.15, 0.2) is 115 Å². The van der Waals surface area contributed by atoms with Crippen molar-refractivity contribution in [2.75, 3.05) is 0 Å². The van der Waals surface area contributed by atoms with Crippen LogP contribution in [-0.2, 0) is 38.5 Å². The fourth-order valence-corrected chi connectivity index (χ4v) is 5.79. The lowest BCUT2D eigenvalue weighted by Crippen LogP contribution is -1.97. The Morgan fingerprint density at radius 3 is 1.25 bits per heavy atom. The van der Waals surface area contributed by atoms with Crippen molar-refractivity contribution in [3.8, 4) is 63.2 Å². The number of ether oxygens (including phenoxy) is 2.